The predicted molar refractivity (Wildman–Crippen MR) is 70.1 cm³/mol. The van der Waals surface area contributed by atoms with Crippen molar-refractivity contribution >= 4 is 12.0 Å². The number of carbonyl (C=O) groups excluding carboxylic acids is 1. The third-order valence-corrected chi connectivity index (χ3v) is 2.55. The van der Waals surface area contributed by atoms with E-state index >= 15 is 0 Å². The Morgan fingerprint density at radius 3 is 2.47 bits per heavy atom. The molecule has 1 aromatic rings. The lowest BCUT2D eigenvalue weighted by molar-refractivity contribution is 0.0697. The van der Waals surface area contributed by atoms with E-state index in [4.69, 9.17) is 9.84 Å². The Labute approximate surface area is 112 Å². The first-order chi connectivity index (χ1) is 9.04. The molecule has 0 aromatic heterocycles. The van der Waals surface area contributed by atoms with Crippen LogP contribution in [-0.4, -0.2) is 49.3 Å². The molecule has 2 N–H and O–H groups in total. The van der Waals surface area contributed by atoms with Gasteiger partial charge in [-0.25, -0.2) is 9.59 Å². The minimum atomic E-state index is -0.961. The van der Waals surface area contributed by atoms with Crippen LogP contribution in [0.15, 0.2) is 24.3 Å². The van der Waals surface area contributed by atoms with Gasteiger partial charge in [-0.3, -0.25) is 0 Å². The van der Waals surface area contributed by atoms with Gasteiger partial charge < -0.3 is 20.1 Å². The molecular weight excluding hydrogens is 248 g/mol. The Bertz CT molecular complexity index is 431. The van der Waals surface area contributed by atoms with Crippen LogP contribution in [0, 0.1) is 0 Å². The molecule has 104 valence electrons. The molecule has 6 heteroatoms. The van der Waals surface area contributed by atoms with Crippen LogP contribution in [0.25, 0.3) is 0 Å². The van der Waals surface area contributed by atoms with Crippen LogP contribution in [-0.2, 0) is 11.3 Å². The number of methoxy groups -OCH3 is 1. The van der Waals surface area contributed by atoms with Gasteiger partial charge in [-0.2, -0.15) is 0 Å². The molecule has 6 nitrogen and oxygen atoms in total. The summed E-state index contributed by atoms with van der Waals surface area (Å²) in [6, 6.07) is 6.24. The van der Waals surface area contributed by atoms with Crippen LogP contribution in [0.1, 0.15) is 15.9 Å². The SMILES string of the molecule is COCCNC(=O)N(C)Cc1ccc(C(=O)O)cc1. The van der Waals surface area contributed by atoms with Crippen LogP contribution in [0.5, 0.6) is 0 Å². The molecule has 0 spiro atoms. The maximum absolute atomic E-state index is 11.7. The van der Waals surface area contributed by atoms with Crippen molar-refractivity contribution in [3.8, 4) is 0 Å². The average molecular weight is 266 g/mol. The molecule has 0 aliphatic heterocycles. The van der Waals surface area contributed by atoms with Crippen LogP contribution < -0.4 is 5.32 Å². The highest BCUT2D eigenvalue weighted by atomic mass is 16.5. The minimum absolute atomic E-state index is 0.195. The van der Waals surface area contributed by atoms with Crippen molar-refractivity contribution in [3.05, 3.63) is 35.4 Å². The van der Waals surface area contributed by atoms with Crippen molar-refractivity contribution in [1.82, 2.24) is 10.2 Å². The molecule has 0 aliphatic rings. The maximum Gasteiger partial charge on any atom is 0.335 e. The Morgan fingerprint density at radius 1 is 1.32 bits per heavy atom. The van der Waals surface area contributed by atoms with Gasteiger partial charge in [0.2, 0.25) is 0 Å². The number of hydrogen-bond donors (Lipinski definition) is 2. The monoisotopic (exact) mass is 266 g/mol. The van der Waals surface area contributed by atoms with Crippen molar-refractivity contribution in [2.45, 2.75) is 6.54 Å². The molecule has 1 aromatic carbocycles. The number of nitrogens with one attached hydrogen (secondary N) is 1. The second-order valence-corrected chi connectivity index (χ2v) is 4.08. The van der Waals surface area contributed by atoms with E-state index in [1.165, 1.54) is 17.0 Å². The van der Waals surface area contributed by atoms with Crippen molar-refractivity contribution in [2.24, 2.45) is 0 Å². The van der Waals surface area contributed by atoms with E-state index in [-0.39, 0.29) is 11.6 Å². The highest BCUT2D eigenvalue weighted by Gasteiger charge is 2.09. The fraction of sp³-hybridized carbons (Fsp3) is 0.385. The fourth-order valence-electron chi connectivity index (χ4n) is 1.49. The number of ether oxygens (including phenoxy) is 1. The first-order valence-corrected chi connectivity index (χ1v) is 5.84. The topological polar surface area (TPSA) is 78.9 Å². The zero-order chi connectivity index (χ0) is 14.3. The lowest BCUT2D eigenvalue weighted by Crippen LogP contribution is -2.38. The van der Waals surface area contributed by atoms with Gasteiger partial charge in [-0.1, -0.05) is 12.1 Å². The van der Waals surface area contributed by atoms with E-state index in [0.717, 1.165) is 5.56 Å². The minimum Gasteiger partial charge on any atom is -0.478 e. The van der Waals surface area contributed by atoms with E-state index in [1.54, 1.807) is 26.3 Å². The van der Waals surface area contributed by atoms with E-state index in [1.807, 2.05) is 0 Å². The van der Waals surface area contributed by atoms with Gasteiger partial charge in [0.25, 0.3) is 0 Å². The van der Waals surface area contributed by atoms with Crippen LogP contribution >= 0.6 is 0 Å². The van der Waals surface area contributed by atoms with E-state index in [2.05, 4.69) is 5.32 Å². The predicted octanol–water partition coefficient (Wildman–Crippen LogP) is 1.17. The van der Waals surface area contributed by atoms with Gasteiger partial charge >= 0.3 is 12.0 Å². The number of benzene rings is 1. The van der Waals surface area contributed by atoms with Crippen LogP contribution in [0.3, 0.4) is 0 Å². The first-order valence-electron chi connectivity index (χ1n) is 5.84. The molecule has 2 amide bonds. The van der Waals surface area contributed by atoms with E-state index < -0.39 is 5.97 Å². The highest BCUT2D eigenvalue weighted by Crippen LogP contribution is 2.06. The molecule has 0 saturated carbocycles. The smallest absolute Gasteiger partial charge is 0.335 e. The van der Waals surface area contributed by atoms with Gasteiger partial charge in [0.1, 0.15) is 0 Å². The number of nitrogens with zero attached hydrogens (tertiary/aromatic N) is 1. The molecule has 0 aliphatic carbocycles. The molecule has 0 radical (unpaired) electrons. The van der Waals surface area contributed by atoms with E-state index in [0.29, 0.717) is 19.7 Å². The summed E-state index contributed by atoms with van der Waals surface area (Å²) in [6.45, 7) is 1.34. The molecule has 0 heterocycles. The quantitative estimate of drug-likeness (QED) is 0.758. The lowest BCUT2D eigenvalue weighted by Gasteiger charge is -2.18. The Hall–Kier alpha value is -2.08. The summed E-state index contributed by atoms with van der Waals surface area (Å²) in [7, 11) is 3.24. The summed E-state index contributed by atoms with van der Waals surface area (Å²) in [6.07, 6.45) is 0. The van der Waals surface area contributed by atoms with Gasteiger partial charge in [-0.15, -0.1) is 0 Å². The Kier molecular flexibility index (Phi) is 5.81. The number of carboxylic acids is 1. The summed E-state index contributed by atoms with van der Waals surface area (Å²) in [5.74, 6) is -0.961. The number of amides is 2. The number of hydrogen-bond acceptors (Lipinski definition) is 3. The highest BCUT2D eigenvalue weighted by molar-refractivity contribution is 5.87. The maximum atomic E-state index is 11.7. The van der Waals surface area contributed by atoms with Gasteiger partial charge in [0, 0.05) is 27.2 Å². The number of carboxylic acid groups (broad SMARTS) is 1. The molecule has 0 unspecified atom stereocenters. The number of rotatable bonds is 6. The second-order valence-electron chi connectivity index (χ2n) is 4.08. The Balaban J connectivity index is 2.49. The number of carbonyl (C=O) groups is 2. The van der Waals surface area contributed by atoms with Crippen LogP contribution in [0.2, 0.25) is 0 Å². The summed E-state index contributed by atoms with van der Waals surface area (Å²) in [5.41, 5.74) is 1.10. The van der Waals surface area contributed by atoms with Gasteiger partial charge in [0.15, 0.2) is 0 Å². The van der Waals surface area contributed by atoms with Crippen LogP contribution in [0.4, 0.5) is 4.79 Å². The zero-order valence-corrected chi connectivity index (χ0v) is 11.0. The third kappa shape index (κ3) is 4.97. The average Bonchev–Trinajstić information content (AvgIpc) is 2.39. The lowest BCUT2D eigenvalue weighted by atomic mass is 10.1. The van der Waals surface area contributed by atoms with Crippen molar-refractivity contribution in [2.75, 3.05) is 27.3 Å². The number of urea groups is 1. The molecule has 0 fully saturated rings. The molecule has 0 atom stereocenters. The summed E-state index contributed by atoms with van der Waals surface area (Å²) in [4.78, 5) is 23.9. The molecule has 1 rings (SSSR count). The van der Waals surface area contributed by atoms with Crippen molar-refractivity contribution < 1.29 is 19.4 Å². The van der Waals surface area contributed by atoms with Gasteiger partial charge in [-0.05, 0) is 17.7 Å². The standard InChI is InChI=1S/C13H18N2O4/c1-15(13(18)14-7-8-19-2)9-10-3-5-11(6-4-10)12(16)17/h3-6H,7-9H2,1-2H3,(H,14,18)(H,16,17). The summed E-state index contributed by atoms with van der Waals surface area (Å²) < 4.78 is 4.84. The largest absolute Gasteiger partial charge is 0.478 e. The van der Waals surface area contributed by atoms with Crippen molar-refractivity contribution in [1.29, 1.82) is 0 Å². The Morgan fingerprint density at radius 2 is 1.95 bits per heavy atom. The van der Waals surface area contributed by atoms with Crippen molar-refractivity contribution in [3.63, 3.8) is 0 Å². The first kappa shape index (κ1) is 15.0. The normalized spacial score (nSPS) is 10.0. The molecule has 0 saturated heterocycles. The number of aromatic carboxylic acids is 1. The fourth-order valence-corrected chi connectivity index (χ4v) is 1.49. The zero-order valence-electron chi connectivity index (χ0n) is 11.0. The second kappa shape index (κ2) is 7.38. The third-order valence-electron chi connectivity index (χ3n) is 2.55. The summed E-state index contributed by atoms with van der Waals surface area (Å²) in [5, 5.41) is 11.5. The molecular formula is C13H18N2O4. The molecule has 0 bridgehead atoms. The van der Waals surface area contributed by atoms with Gasteiger partial charge in [0.05, 0.1) is 12.2 Å². The summed E-state index contributed by atoms with van der Waals surface area (Å²) >= 11 is 0. The molecule has 19 heavy (non-hydrogen) atoms. The van der Waals surface area contributed by atoms with E-state index in [9.17, 15) is 9.59 Å².